The minimum absolute atomic E-state index is 0.0932. The second-order valence-corrected chi connectivity index (χ2v) is 6.33. The maximum atomic E-state index is 12.8. The van der Waals surface area contributed by atoms with Gasteiger partial charge in [-0.25, -0.2) is 9.97 Å². The Kier molecular flexibility index (Phi) is 3.31. The highest BCUT2D eigenvalue weighted by Crippen LogP contribution is 2.23. The second kappa shape index (κ2) is 5.80. The van der Waals surface area contributed by atoms with E-state index in [0.29, 0.717) is 18.9 Å². The molecule has 1 aromatic carbocycles. The molecule has 0 spiro atoms. The van der Waals surface area contributed by atoms with Crippen LogP contribution in [-0.4, -0.2) is 42.3 Å². The fraction of sp³-hybridized carbons (Fsp3) is 0.158. The second-order valence-electron chi connectivity index (χ2n) is 6.33. The van der Waals surface area contributed by atoms with Crippen LogP contribution in [0.25, 0.3) is 22.4 Å². The number of carbonyl (C=O) groups is 1. The zero-order valence-corrected chi connectivity index (χ0v) is 13.9. The third-order valence-electron chi connectivity index (χ3n) is 4.65. The maximum Gasteiger partial charge on any atom is 0.290 e. The van der Waals surface area contributed by atoms with Crippen molar-refractivity contribution in [3.05, 3.63) is 66.0 Å². The molecule has 1 aliphatic heterocycles. The van der Waals surface area contributed by atoms with Crippen molar-refractivity contribution in [2.24, 2.45) is 0 Å². The average molecular weight is 344 g/mol. The standard InChI is InChI=1S/C19H16N6O/c26-19(18-22-13-5-1-2-6-14(13)23-18)25-9-7-15-16(11-25)24-17(21-15)12-4-3-8-20-10-12/h1-6,8,10H,7,9,11H2,(H,21,24)(H,22,23). The first-order valence-electron chi connectivity index (χ1n) is 8.50. The lowest BCUT2D eigenvalue weighted by molar-refractivity contribution is 0.0721. The third-order valence-corrected chi connectivity index (χ3v) is 4.65. The van der Waals surface area contributed by atoms with Gasteiger partial charge in [0.15, 0.2) is 5.82 Å². The zero-order valence-electron chi connectivity index (χ0n) is 13.9. The van der Waals surface area contributed by atoms with E-state index >= 15 is 0 Å². The van der Waals surface area contributed by atoms with Crippen LogP contribution in [0.1, 0.15) is 22.0 Å². The van der Waals surface area contributed by atoms with Gasteiger partial charge >= 0.3 is 0 Å². The largest absolute Gasteiger partial charge is 0.340 e. The van der Waals surface area contributed by atoms with Gasteiger partial charge in [-0.3, -0.25) is 9.78 Å². The number of rotatable bonds is 2. The van der Waals surface area contributed by atoms with E-state index in [4.69, 9.17) is 0 Å². The van der Waals surface area contributed by atoms with E-state index in [1.807, 2.05) is 36.4 Å². The summed E-state index contributed by atoms with van der Waals surface area (Å²) in [6, 6.07) is 11.5. The van der Waals surface area contributed by atoms with Gasteiger partial charge in [0.05, 0.1) is 29.0 Å². The van der Waals surface area contributed by atoms with Gasteiger partial charge in [-0.2, -0.15) is 0 Å². The molecule has 4 aromatic rings. The first-order valence-corrected chi connectivity index (χ1v) is 8.50. The summed E-state index contributed by atoms with van der Waals surface area (Å²) in [6.07, 6.45) is 4.24. The molecular weight excluding hydrogens is 328 g/mol. The van der Waals surface area contributed by atoms with Gasteiger partial charge in [0, 0.05) is 30.9 Å². The average Bonchev–Trinajstić information content (AvgIpc) is 3.31. The molecule has 0 fully saturated rings. The molecule has 0 saturated heterocycles. The van der Waals surface area contributed by atoms with Gasteiger partial charge in [0.25, 0.3) is 5.91 Å². The molecule has 2 N–H and O–H groups in total. The highest BCUT2D eigenvalue weighted by Gasteiger charge is 2.26. The Hall–Kier alpha value is -3.48. The Labute approximate surface area is 149 Å². The van der Waals surface area contributed by atoms with Gasteiger partial charge in [0.1, 0.15) is 5.82 Å². The van der Waals surface area contributed by atoms with E-state index in [9.17, 15) is 4.79 Å². The van der Waals surface area contributed by atoms with Crippen molar-refractivity contribution in [1.82, 2.24) is 29.8 Å². The number of hydrogen-bond acceptors (Lipinski definition) is 4. The van der Waals surface area contributed by atoms with Crippen LogP contribution in [-0.2, 0) is 13.0 Å². The number of aromatic nitrogens is 5. The topological polar surface area (TPSA) is 90.6 Å². The normalized spacial score (nSPS) is 13.8. The lowest BCUT2D eigenvalue weighted by Gasteiger charge is -2.25. The Bertz CT molecular complexity index is 1060. The fourth-order valence-electron chi connectivity index (χ4n) is 3.31. The highest BCUT2D eigenvalue weighted by atomic mass is 16.2. The molecule has 0 bridgehead atoms. The number of aromatic amines is 2. The number of pyridine rings is 1. The van der Waals surface area contributed by atoms with Crippen LogP contribution in [0.5, 0.6) is 0 Å². The highest BCUT2D eigenvalue weighted by molar-refractivity contribution is 5.94. The molecular formula is C19H16N6O. The third kappa shape index (κ3) is 2.45. The van der Waals surface area contributed by atoms with E-state index < -0.39 is 0 Å². The Morgan fingerprint density at radius 1 is 1.08 bits per heavy atom. The number of fused-ring (bicyclic) bond motifs is 2. The molecule has 5 rings (SSSR count). The number of carbonyl (C=O) groups excluding carboxylic acids is 1. The molecule has 0 radical (unpaired) electrons. The van der Waals surface area contributed by atoms with E-state index in [2.05, 4.69) is 24.9 Å². The number of para-hydroxylation sites is 2. The molecule has 3 aromatic heterocycles. The van der Waals surface area contributed by atoms with Gasteiger partial charge in [-0.15, -0.1) is 0 Å². The summed E-state index contributed by atoms with van der Waals surface area (Å²) >= 11 is 0. The van der Waals surface area contributed by atoms with Crippen LogP contribution >= 0.6 is 0 Å². The molecule has 0 unspecified atom stereocenters. The summed E-state index contributed by atoms with van der Waals surface area (Å²) in [5, 5.41) is 0. The van der Waals surface area contributed by atoms with Crippen molar-refractivity contribution in [2.45, 2.75) is 13.0 Å². The van der Waals surface area contributed by atoms with Gasteiger partial charge in [-0.05, 0) is 24.3 Å². The van der Waals surface area contributed by atoms with Crippen LogP contribution < -0.4 is 0 Å². The molecule has 4 heterocycles. The Balaban J connectivity index is 1.41. The number of hydrogen-bond donors (Lipinski definition) is 2. The van der Waals surface area contributed by atoms with Crippen LogP contribution in [0.4, 0.5) is 0 Å². The maximum absolute atomic E-state index is 12.8. The molecule has 0 aliphatic carbocycles. The smallest absolute Gasteiger partial charge is 0.290 e. The summed E-state index contributed by atoms with van der Waals surface area (Å²) in [6.45, 7) is 1.12. The van der Waals surface area contributed by atoms with Gasteiger partial charge in [0.2, 0.25) is 0 Å². The van der Waals surface area contributed by atoms with Crippen molar-refractivity contribution in [3.8, 4) is 11.4 Å². The van der Waals surface area contributed by atoms with Crippen LogP contribution in [0.15, 0.2) is 48.8 Å². The summed E-state index contributed by atoms with van der Waals surface area (Å²) in [5.74, 6) is 1.08. The molecule has 128 valence electrons. The molecule has 26 heavy (non-hydrogen) atoms. The van der Waals surface area contributed by atoms with E-state index in [1.165, 1.54) is 0 Å². The molecule has 7 heteroatoms. The predicted octanol–water partition coefficient (Wildman–Crippen LogP) is 2.55. The minimum Gasteiger partial charge on any atom is -0.340 e. The monoisotopic (exact) mass is 344 g/mol. The van der Waals surface area contributed by atoms with Crippen LogP contribution in [0.3, 0.4) is 0 Å². The summed E-state index contributed by atoms with van der Waals surface area (Å²) in [4.78, 5) is 34.3. The molecule has 7 nitrogen and oxygen atoms in total. The van der Waals surface area contributed by atoms with E-state index in [0.717, 1.165) is 40.2 Å². The fourth-order valence-corrected chi connectivity index (χ4v) is 3.31. The minimum atomic E-state index is -0.0932. The van der Waals surface area contributed by atoms with Gasteiger partial charge in [-0.1, -0.05) is 12.1 Å². The molecule has 1 amide bonds. The first-order chi connectivity index (χ1) is 12.8. The first kappa shape index (κ1) is 14.8. The number of nitrogens with zero attached hydrogens (tertiary/aromatic N) is 4. The number of amides is 1. The number of nitrogens with one attached hydrogen (secondary N) is 2. The predicted molar refractivity (Wildman–Crippen MR) is 96.4 cm³/mol. The van der Waals surface area contributed by atoms with Crippen LogP contribution in [0.2, 0.25) is 0 Å². The van der Waals surface area contributed by atoms with Gasteiger partial charge < -0.3 is 14.9 Å². The van der Waals surface area contributed by atoms with E-state index in [1.54, 1.807) is 17.3 Å². The number of imidazole rings is 2. The lowest BCUT2D eigenvalue weighted by Crippen LogP contribution is -2.36. The number of benzene rings is 1. The summed E-state index contributed by atoms with van der Waals surface area (Å²) in [5.41, 5.74) is 4.59. The van der Waals surface area contributed by atoms with E-state index in [-0.39, 0.29) is 5.91 Å². The van der Waals surface area contributed by atoms with Crippen molar-refractivity contribution in [2.75, 3.05) is 6.54 Å². The van der Waals surface area contributed by atoms with Crippen molar-refractivity contribution < 1.29 is 4.79 Å². The molecule has 0 atom stereocenters. The Morgan fingerprint density at radius 2 is 2.00 bits per heavy atom. The Morgan fingerprint density at radius 3 is 2.85 bits per heavy atom. The van der Waals surface area contributed by atoms with Crippen molar-refractivity contribution in [1.29, 1.82) is 0 Å². The number of H-pyrrole nitrogens is 2. The SMILES string of the molecule is O=C(c1nc2ccccc2[nH]1)N1CCc2nc(-c3cccnc3)[nH]c2C1. The summed E-state index contributed by atoms with van der Waals surface area (Å²) < 4.78 is 0. The molecule has 0 saturated carbocycles. The van der Waals surface area contributed by atoms with Crippen molar-refractivity contribution in [3.63, 3.8) is 0 Å². The van der Waals surface area contributed by atoms with Crippen molar-refractivity contribution >= 4 is 16.9 Å². The summed E-state index contributed by atoms with van der Waals surface area (Å²) in [7, 11) is 0. The quantitative estimate of drug-likeness (QED) is 0.585. The lowest BCUT2D eigenvalue weighted by atomic mass is 10.1. The van der Waals surface area contributed by atoms with Crippen LogP contribution in [0, 0.1) is 0 Å². The zero-order chi connectivity index (χ0) is 17.5. The molecule has 1 aliphatic rings.